The zero-order chi connectivity index (χ0) is 20.4. The van der Waals surface area contributed by atoms with Gasteiger partial charge in [0.15, 0.2) is 5.96 Å². The van der Waals surface area contributed by atoms with Gasteiger partial charge in [0.25, 0.3) is 0 Å². The van der Waals surface area contributed by atoms with Gasteiger partial charge in [0.05, 0.1) is 19.6 Å². The lowest BCUT2D eigenvalue weighted by atomic mass is 10.2. The number of benzene rings is 2. The summed E-state index contributed by atoms with van der Waals surface area (Å²) in [5.74, 6) is 1.41. The van der Waals surface area contributed by atoms with Gasteiger partial charge in [-0.25, -0.2) is 4.99 Å². The highest BCUT2D eigenvalue weighted by atomic mass is 16.5. The van der Waals surface area contributed by atoms with Crippen LogP contribution in [0.3, 0.4) is 0 Å². The summed E-state index contributed by atoms with van der Waals surface area (Å²) in [6, 6.07) is 18.0. The van der Waals surface area contributed by atoms with E-state index in [1.54, 1.807) is 19.0 Å². The first-order valence-electron chi connectivity index (χ1n) is 9.43. The summed E-state index contributed by atoms with van der Waals surface area (Å²) < 4.78 is 5.95. The maximum absolute atomic E-state index is 11.9. The molecule has 0 saturated heterocycles. The number of carbonyl (C=O) groups is 1. The highest BCUT2D eigenvalue weighted by molar-refractivity contribution is 5.86. The summed E-state index contributed by atoms with van der Waals surface area (Å²) in [4.78, 5) is 18.0. The summed E-state index contributed by atoms with van der Waals surface area (Å²) in [5, 5.41) is 6.35. The summed E-state index contributed by atoms with van der Waals surface area (Å²) in [6.07, 6.45) is -0.0601. The number of hydrogen-bond acceptors (Lipinski definition) is 3. The van der Waals surface area contributed by atoms with E-state index < -0.39 is 0 Å². The second kappa shape index (κ2) is 11.0. The average Bonchev–Trinajstić information content (AvgIpc) is 2.67. The molecule has 6 nitrogen and oxygen atoms in total. The number of amides is 1. The minimum atomic E-state index is -0.0601. The van der Waals surface area contributed by atoms with Crippen LogP contribution in [0.4, 0.5) is 0 Å². The van der Waals surface area contributed by atoms with Gasteiger partial charge in [0.2, 0.25) is 5.91 Å². The number of nitrogens with one attached hydrogen (secondary N) is 2. The van der Waals surface area contributed by atoms with Crippen LogP contribution in [0.1, 0.15) is 18.1 Å². The van der Waals surface area contributed by atoms with E-state index in [1.807, 2.05) is 68.4 Å². The standard InChI is InChI=1S/C22H30N4O2/c1-17-9-8-12-20(13-17)28-18(2)14-23-22(25-16-21(27)26(3)4)24-15-19-10-6-5-7-11-19/h5-13,18H,14-16H2,1-4H3,(H2,23,24,25). The fourth-order valence-electron chi connectivity index (χ4n) is 2.45. The number of nitrogens with zero attached hydrogens (tertiary/aromatic N) is 2. The van der Waals surface area contributed by atoms with Gasteiger partial charge in [0, 0.05) is 14.1 Å². The lowest BCUT2D eigenvalue weighted by Crippen LogP contribution is -2.45. The second-order valence-corrected chi connectivity index (χ2v) is 6.92. The molecule has 0 aliphatic carbocycles. The zero-order valence-corrected chi connectivity index (χ0v) is 17.1. The first kappa shape index (κ1) is 21.3. The molecule has 1 atom stereocenters. The molecule has 6 heteroatoms. The number of guanidine groups is 1. The van der Waals surface area contributed by atoms with E-state index >= 15 is 0 Å². The van der Waals surface area contributed by atoms with E-state index in [-0.39, 0.29) is 18.6 Å². The molecule has 1 amide bonds. The Hall–Kier alpha value is -3.02. The quantitative estimate of drug-likeness (QED) is 0.544. The monoisotopic (exact) mass is 382 g/mol. The van der Waals surface area contributed by atoms with Gasteiger partial charge in [0.1, 0.15) is 11.9 Å². The molecule has 0 radical (unpaired) electrons. The summed E-state index contributed by atoms with van der Waals surface area (Å²) in [6.45, 7) is 5.30. The second-order valence-electron chi connectivity index (χ2n) is 6.92. The molecule has 0 bridgehead atoms. The fraction of sp³-hybridized carbons (Fsp3) is 0.364. The molecule has 2 aromatic rings. The van der Waals surface area contributed by atoms with Gasteiger partial charge >= 0.3 is 0 Å². The van der Waals surface area contributed by atoms with Crippen molar-refractivity contribution >= 4 is 11.9 Å². The smallest absolute Gasteiger partial charge is 0.241 e. The first-order valence-corrected chi connectivity index (χ1v) is 9.43. The summed E-state index contributed by atoms with van der Waals surface area (Å²) in [7, 11) is 3.46. The molecule has 2 N–H and O–H groups in total. The van der Waals surface area contributed by atoms with Crippen molar-refractivity contribution in [2.24, 2.45) is 4.99 Å². The highest BCUT2D eigenvalue weighted by Gasteiger charge is 2.09. The Morgan fingerprint density at radius 2 is 1.86 bits per heavy atom. The maximum atomic E-state index is 11.9. The van der Waals surface area contributed by atoms with E-state index in [0.717, 1.165) is 16.9 Å². The summed E-state index contributed by atoms with van der Waals surface area (Å²) >= 11 is 0. The van der Waals surface area contributed by atoms with Gasteiger partial charge in [-0.15, -0.1) is 0 Å². The Morgan fingerprint density at radius 3 is 2.54 bits per heavy atom. The van der Waals surface area contributed by atoms with Gasteiger partial charge in [-0.2, -0.15) is 0 Å². The number of rotatable bonds is 8. The minimum Gasteiger partial charge on any atom is -0.489 e. The lowest BCUT2D eigenvalue weighted by Gasteiger charge is -2.19. The van der Waals surface area contributed by atoms with Crippen molar-refractivity contribution in [2.45, 2.75) is 26.5 Å². The molecule has 0 fully saturated rings. The molecule has 0 aromatic heterocycles. The van der Waals surface area contributed by atoms with Crippen LogP contribution in [0, 0.1) is 6.92 Å². The summed E-state index contributed by atoms with van der Waals surface area (Å²) in [5.41, 5.74) is 2.26. The molecule has 0 aliphatic heterocycles. The normalized spacial score (nSPS) is 12.2. The minimum absolute atomic E-state index is 0.0155. The van der Waals surface area contributed by atoms with Crippen LogP contribution in [-0.4, -0.2) is 50.1 Å². The van der Waals surface area contributed by atoms with Crippen molar-refractivity contribution in [3.05, 3.63) is 65.7 Å². The van der Waals surface area contributed by atoms with Gasteiger partial charge < -0.3 is 20.3 Å². The third kappa shape index (κ3) is 7.70. The first-order chi connectivity index (χ1) is 13.4. The van der Waals surface area contributed by atoms with Crippen LogP contribution in [0.2, 0.25) is 0 Å². The van der Waals surface area contributed by atoms with E-state index in [4.69, 9.17) is 4.74 Å². The molecule has 0 aliphatic rings. The maximum Gasteiger partial charge on any atom is 0.241 e. The van der Waals surface area contributed by atoms with Crippen molar-refractivity contribution in [3.63, 3.8) is 0 Å². The Labute approximate surface area is 167 Å². The number of ether oxygens (including phenoxy) is 1. The van der Waals surface area contributed by atoms with Crippen LogP contribution in [0.15, 0.2) is 59.6 Å². The van der Waals surface area contributed by atoms with E-state index in [2.05, 4.69) is 15.6 Å². The van der Waals surface area contributed by atoms with Gasteiger partial charge in [-0.1, -0.05) is 42.5 Å². The van der Waals surface area contributed by atoms with Crippen LogP contribution in [-0.2, 0) is 11.3 Å². The van der Waals surface area contributed by atoms with Gasteiger partial charge in [-0.05, 0) is 37.1 Å². The van der Waals surface area contributed by atoms with Crippen LogP contribution in [0.25, 0.3) is 0 Å². The van der Waals surface area contributed by atoms with Crippen molar-refractivity contribution in [1.82, 2.24) is 15.5 Å². The van der Waals surface area contributed by atoms with E-state index in [9.17, 15) is 4.79 Å². The molecular formula is C22H30N4O2. The van der Waals surface area contributed by atoms with Crippen molar-refractivity contribution in [3.8, 4) is 5.75 Å². The predicted molar refractivity (Wildman–Crippen MR) is 114 cm³/mol. The van der Waals surface area contributed by atoms with Crippen LogP contribution < -0.4 is 15.4 Å². The van der Waals surface area contributed by atoms with Crippen molar-refractivity contribution in [1.29, 1.82) is 0 Å². The van der Waals surface area contributed by atoms with Gasteiger partial charge in [-0.3, -0.25) is 4.79 Å². The molecule has 0 saturated carbocycles. The SMILES string of the molecule is Cc1cccc(OC(C)CNC(=NCc2ccccc2)NCC(=O)N(C)C)c1. The number of aryl methyl sites for hydroxylation is 1. The number of aliphatic imine (C=N–C) groups is 1. The Kier molecular flexibility index (Phi) is 8.34. The van der Waals surface area contributed by atoms with Crippen molar-refractivity contribution in [2.75, 3.05) is 27.2 Å². The van der Waals surface area contributed by atoms with E-state index in [1.165, 1.54) is 0 Å². The third-order valence-corrected chi connectivity index (χ3v) is 4.05. The van der Waals surface area contributed by atoms with E-state index in [0.29, 0.717) is 19.0 Å². The van der Waals surface area contributed by atoms with Crippen LogP contribution in [0.5, 0.6) is 5.75 Å². The molecule has 0 spiro atoms. The number of hydrogen-bond donors (Lipinski definition) is 2. The molecule has 2 rings (SSSR count). The Morgan fingerprint density at radius 1 is 1.11 bits per heavy atom. The Balaban J connectivity index is 1.94. The molecular weight excluding hydrogens is 352 g/mol. The molecule has 2 aromatic carbocycles. The van der Waals surface area contributed by atoms with Crippen molar-refractivity contribution < 1.29 is 9.53 Å². The Bertz CT molecular complexity index is 775. The fourth-order valence-corrected chi connectivity index (χ4v) is 2.45. The van der Waals surface area contributed by atoms with Crippen LogP contribution >= 0.6 is 0 Å². The number of likely N-dealkylation sites (N-methyl/N-ethyl adjacent to an activating group) is 1. The molecule has 150 valence electrons. The predicted octanol–water partition coefficient (Wildman–Crippen LogP) is 2.59. The number of carbonyl (C=O) groups excluding carboxylic acids is 1. The molecule has 1 unspecified atom stereocenters. The largest absolute Gasteiger partial charge is 0.489 e. The zero-order valence-electron chi connectivity index (χ0n) is 17.1. The third-order valence-electron chi connectivity index (χ3n) is 4.05. The average molecular weight is 383 g/mol. The topological polar surface area (TPSA) is 66.0 Å². The lowest BCUT2D eigenvalue weighted by molar-refractivity contribution is -0.127. The highest BCUT2D eigenvalue weighted by Crippen LogP contribution is 2.13. The molecule has 28 heavy (non-hydrogen) atoms. The molecule has 0 heterocycles.